The van der Waals surface area contributed by atoms with Crippen molar-refractivity contribution in [3.63, 3.8) is 0 Å². The van der Waals surface area contributed by atoms with Crippen LogP contribution in [-0.4, -0.2) is 24.9 Å². The van der Waals surface area contributed by atoms with Crippen LogP contribution in [0, 0.1) is 0 Å². The lowest BCUT2D eigenvalue weighted by Gasteiger charge is -2.21. The van der Waals surface area contributed by atoms with E-state index >= 15 is 0 Å². The topological polar surface area (TPSA) is 47.6 Å². The summed E-state index contributed by atoms with van der Waals surface area (Å²) in [6.07, 6.45) is 0. The Morgan fingerprint density at radius 2 is 1.92 bits per heavy atom. The molecule has 1 atom stereocenters. The molecule has 4 nitrogen and oxygen atoms in total. The van der Waals surface area contributed by atoms with Crippen LogP contribution in [0.15, 0.2) is 47.4 Å². The quantitative estimate of drug-likeness (QED) is 0.832. The van der Waals surface area contributed by atoms with E-state index in [4.69, 9.17) is 9.47 Å². The van der Waals surface area contributed by atoms with Crippen molar-refractivity contribution in [2.75, 3.05) is 19.0 Å². The van der Waals surface area contributed by atoms with Crippen molar-refractivity contribution in [2.24, 2.45) is 0 Å². The summed E-state index contributed by atoms with van der Waals surface area (Å²) < 4.78 is 11.2. The van der Waals surface area contributed by atoms with Gasteiger partial charge in [-0.25, -0.2) is 0 Å². The Kier molecular flexibility index (Phi) is 5.30. The summed E-state index contributed by atoms with van der Waals surface area (Å²) in [4.78, 5) is 13.6. The normalized spacial score (nSPS) is 14.1. The number of benzene rings is 2. The Morgan fingerprint density at radius 1 is 1.17 bits per heavy atom. The van der Waals surface area contributed by atoms with Crippen LogP contribution in [-0.2, 0) is 0 Å². The molecule has 2 aromatic rings. The summed E-state index contributed by atoms with van der Waals surface area (Å²) in [6, 6.07) is 13.4. The molecule has 0 saturated carbocycles. The van der Waals surface area contributed by atoms with Crippen LogP contribution in [0.3, 0.4) is 0 Å². The minimum absolute atomic E-state index is 0.0612. The highest BCUT2D eigenvalue weighted by atomic mass is 32.2. The summed E-state index contributed by atoms with van der Waals surface area (Å²) >= 11 is 1.67. The molecule has 1 heterocycles. The molecule has 0 saturated heterocycles. The lowest BCUT2D eigenvalue weighted by molar-refractivity contribution is 0.0936. The van der Waals surface area contributed by atoms with Crippen LogP contribution in [0.1, 0.15) is 35.8 Å². The third-order valence-electron chi connectivity index (χ3n) is 3.85. The van der Waals surface area contributed by atoms with Gasteiger partial charge in [0, 0.05) is 4.90 Å². The second kappa shape index (κ2) is 7.62. The SMILES string of the molecule is CCSc1ccccc1C(=O)NC(C)c1ccc2c(c1)OCCO2. The second-order valence-electron chi connectivity index (χ2n) is 5.53. The Labute approximate surface area is 146 Å². The molecule has 3 rings (SSSR count). The maximum atomic E-state index is 12.6. The first kappa shape index (κ1) is 16.7. The maximum Gasteiger partial charge on any atom is 0.252 e. The fourth-order valence-electron chi connectivity index (χ4n) is 2.62. The van der Waals surface area contributed by atoms with Crippen LogP contribution in [0.25, 0.3) is 0 Å². The van der Waals surface area contributed by atoms with Crippen LogP contribution >= 0.6 is 11.8 Å². The molecule has 1 aliphatic rings. The van der Waals surface area contributed by atoms with E-state index in [1.807, 2.05) is 49.4 Å². The largest absolute Gasteiger partial charge is 0.486 e. The summed E-state index contributed by atoms with van der Waals surface area (Å²) in [7, 11) is 0. The van der Waals surface area contributed by atoms with Crippen LogP contribution in [0.5, 0.6) is 11.5 Å². The number of nitrogens with one attached hydrogen (secondary N) is 1. The highest BCUT2D eigenvalue weighted by molar-refractivity contribution is 7.99. The zero-order valence-electron chi connectivity index (χ0n) is 13.9. The van der Waals surface area contributed by atoms with E-state index in [0.29, 0.717) is 18.8 Å². The fourth-order valence-corrected chi connectivity index (χ4v) is 3.42. The Bertz CT molecular complexity index is 732. The molecule has 0 fully saturated rings. The average Bonchev–Trinajstić information content (AvgIpc) is 2.62. The summed E-state index contributed by atoms with van der Waals surface area (Å²) in [5, 5.41) is 3.07. The molecular formula is C19H21NO3S. The first-order valence-electron chi connectivity index (χ1n) is 8.11. The first-order valence-corrected chi connectivity index (χ1v) is 9.10. The summed E-state index contributed by atoms with van der Waals surface area (Å²) in [5.41, 5.74) is 1.71. The number of hydrogen-bond donors (Lipinski definition) is 1. The van der Waals surface area contributed by atoms with Gasteiger partial charge < -0.3 is 14.8 Å². The van der Waals surface area contributed by atoms with Crippen LogP contribution in [0.4, 0.5) is 0 Å². The number of rotatable bonds is 5. The molecule has 1 amide bonds. The molecule has 5 heteroatoms. The van der Waals surface area contributed by atoms with Gasteiger partial charge in [0.15, 0.2) is 11.5 Å². The molecule has 0 aromatic heterocycles. The number of thioether (sulfide) groups is 1. The highest BCUT2D eigenvalue weighted by Gasteiger charge is 2.17. The Hall–Kier alpha value is -2.14. The Morgan fingerprint density at radius 3 is 2.71 bits per heavy atom. The van der Waals surface area contributed by atoms with Gasteiger partial charge in [-0.05, 0) is 42.5 Å². The van der Waals surface area contributed by atoms with Gasteiger partial charge in [-0.3, -0.25) is 4.79 Å². The summed E-state index contributed by atoms with van der Waals surface area (Å²) in [5.74, 6) is 2.37. The molecule has 2 aromatic carbocycles. The van der Waals surface area contributed by atoms with Crippen molar-refractivity contribution in [1.29, 1.82) is 0 Å². The van der Waals surface area contributed by atoms with Crippen molar-refractivity contribution in [2.45, 2.75) is 24.8 Å². The molecule has 0 radical (unpaired) electrons. The predicted molar refractivity (Wildman–Crippen MR) is 96.2 cm³/mol. The van der Waals surface area contributed by atoms with Gasteiger partial charge in [-0.1, -0.05) is 25.1 Å². The average molecular weight is 343 g/mol. The zero-order valence-corrected chi connectivity index (χ0v) is 14.7. The Balaban J connectivity index is 1.75. The molecule has 0 spiro atoms. The smallest absolute Gasteiger partial charge is 0.252 e. The number of amides is 1. The number of hydrogen-bond acceptors (Lipinski definition) is 4. The molecule has 0 aliphatic carbocycles. The van der Waals surface area contributed by atoms with Gasteiger partial charge in [-0.2, -0.15) is 0 Å². The van der Waals surface area contributed by atoms with E-state index in [9.17, 15) is 4.79 Å². The van der Waals surface area contributed by atoms with Gasteiger partial charge in [0.05, 0.1) is 11.6 Å². The third-order valence-corrected chi connectivity index (χ3v) is 4.80. The summed E-state index contributed by atoms with van der Waals surface area (Å²) in [6.45, 7) is 5.18. The van der Waals surface area contributed by atoms with Crippen molar-refractivity contribution in [3.05, 3.63) is 53.6 Å². The maximum absolute atomic E-state index is 12.6. The van der Waals surface area contributed by atoms with Gasteiger partial charge in [0.1, 0.15) is 13.2 Å². The van der Waals surface area contributed by atoms with E-state index < -0.39 is 0 Å². The number of fused-ring (bicyclic) bond motifs is 1. The van der Waals surface area contributed by atoms with E-state index in [2.05, 4.69) is 12.2 Å². The monoisotopic (exact) mass is 343 g/mol. The molecule has 1 aliphatic heterocycles. The van der Waals surface area contributed by atoms with E-state index in [-0.39, 0.29) is 11.9 Å². The molecule has 1 unspecified atom stereocenters. The lowest BCUT2D eigenvalue weighted by atomic mass is 10.1. The van der Waals surface area contributed by atoms with E-state index in [1.54, 1.807) is 11.8 Å². The van der Waals surface area contributed by atoms with E-state index in [1.165, 1.54) is 0 Å². The van der Waals surface area contributed by atoms with Gasteiger partial charge in [0.2, 0.25) is 0 Å². The molecule has 0 bridgehead atoms. The predicted octanol–water partition coefficient (Wildman–Crippen LogP) is 4.06. The van der Waals surface area contributed by atoms with Crippen molar-refractivity contribution in [3.8, 4) is 11.5 Å². The zero-order chi connectivity index (χ0) is 16.9. The molecular weight excluding hydrogens is 322 g/mol. The van der Waals surface area contributed by atoms with Crippen molar-refractivity contribution < 1.29 is 14.3 Å². The minimum atomic E-state index is -0.118. The first-order chi connectivity index (χ1) is 11.7. The molecule has 1 N–H and O–H groups in total. The van der Waals surface area contributed by atoms with Gasteiger partial charge in [0.25, 0.3) is 5.91 Å². The molecule has 126 valence electrons. The lowest BCUT2D eigenvalue weighted by Crippen LogP contribution is -2.27. The molecule has 24 heavy (non-hydrogen) atoms. The van der Waals surface area contributed by atoms with Crippen LogP contribution in [0.2, 0.25) is 0 Å². The second-order valence-corrected chi connectivity index (χ2v) is 6.83. The minimum Gasteiger partial charge on any atom is -0.486 e. The van der Waals surface area contributed by atoms with E-state index in [0.717, 1.165) is 27.7 Å². The number of carbonyl (C=O) groups is 1. The van der Waals surface area contributed by atoms with Crippen molar-refractivity contribution >= 4 is 17.7 Å². The standard InChI is InChI=1S/C19H21NO3S/c1-3-24-18-7-5-4-6-15(18)19(21)20-13(2)14-8-9-16-17(12-14)23-11-10-22-16/h4-9,12-13H,3,10-11H2,1-2H3,(H,20,21). The van der Waals surface area contributed by atoms with Gasteiger partial charge >= 0.3 is 0 Å². The third kappa shape index (κ3) is 3.67. The fraction of sp³-hybridized carbons (Fsp3) is 0.316. The van der Waals surface area contributed by atoms with Gasteiger partial charge in [-0.15, -0.1) is 11.8 Å². The number of carbonyl (C=O) groups excluding carboxylic acids is 1. The van der Waals surface area contributed by atoms with Crippen LogP contribution < -0.4 is 14.8 Å². The number of ether oxygens (including phenoxy) is 2. The van der Waals surface area contributed by atoms with Crippen molar-refractivity contribution in [1.82, 2.24) is 5.32 Å². The highest BCUT2D eigenvalue weighted by Crippen LogP contribution is 2.32.